The molecule has 102 valence electrons. The molecular weight excluding hydrogens is 228 g/mol. The molecule has 18 heavy (non-hydrogen) atoms. The minimum atomic E-state index is -0.0726. The Morgan fingerprint density at radius 3 is 2.72 bits per heavy atom. The van der Waals surface area contributed by atoms with Crippen molar-refractivity contribution < 1.29 is 4.42 Å². The molecule has 0 saturated carbocycles. The predicted octanol–water partition coefficient (Wildman–Crippen LogP) is 1.55. The second-order valence-corrected chi connectivity index (χ2v) is 6.24. The van der Waals surface area contributed by atoms with Gasteiger partial charge in [-0.15, -0.1) is 10.2 Å². The van der Waals surface area contributed by atoms with E-state index < -0.39 is 0 Å². The third-order valence-corrected chi connectivity index (χ3v) is 3.21. The highest BCUT2D eigenvalue weighted by atomic mass is 16.4. The van der Waals surface area contributed by atoms with Gasteiger partial charge >= 0.3 is 0 Å². The number of hydrogen-bond acceptors (Lipinski definition) is 5. The van der Waals surface area contributed by atoms with Crippen LogP contribution in [0.4, 0.5) is 0 Å². The molecule has 0 bridgehead atoms. The number of rotatable bonds is 4. The van der Waals surface area contributed by atoms with Gasteiger partial charge < -0.3 is 9.73 Å². The van der Waals surface area contributed by atoms with Crippen molar-refractivity contribution in [3.8, 4) is 0 Å². The molecule has 1 unspecified atom stereocenters. The lowest BCUT2D eigenvalue weighted by Crippen LogP contribution is -2.35. The van der Waals surface area contributed by atoms with Crippen molar-refractivity contribution >= 4 is 0 Å². The van der Waals surface area contributed by atoms with Crippen LogP contribution >= 0.6 is 0 Å². The first kappa shape index (κ1) is 13.5. The van der Waals surface area contributed by atoms with E-state index in [1.54, 1.807) is 0 Å². The highest BCUT2D eigenvalue weighted by molar-refractivity contribution is 4.96. The molecule has 2 heterocycles. The third kappa shape index (κ3) is 3.53. The average molecular weight is 252 g/mol. The number of nitrogens with one attached hydrogen (secondary N) is 1. The quantitative estimate of drug-likeness (QED) is 0.881. The largest absolute Gasteiger partial charge is 0.423 e. The topological polar surface area (TPSA) is 54.2 Å². The summed E-state index contributed by atoms with van der Waals surface area (Å²) >= 11 is 0. The van der Waals surface area contributed by atoms with Crippen LogP contribution in [0, 0.1) is 0 Å². The van der Waals surface area contributed by atoms with Crippen molar-refractivity contribution in [1.29, 1.82) is 0 Å². The molecule has 1 aliphatic rings. The lowest BCUT2D eigenvalue weighted by atomic mass is 9.97. The second-order valence-electron chi connectivity index (χ2n) is 6.24. The van der Waals surface area contributed by atoms with E-state index >= 15 is 0 Å². The van der Waals surface area contributed by atoms with E-state index in [0.717, 1.165) is 19.6 Å². The molecule has 1 aromatic rings. The number of hydrogen-bond donors (Lipinski definition) is 1. The summed E-state index contributed by atoms with van der Waals surface area (Å²) in [5.74, 6) is 1.42. The highest BCUT2D eigenvalue weighted by Crippen LogP contribution is 2.20. The van der Waals surface area contributed by atoms with Gasteiger partial charge in [0.05, 0.1) is 6.54 Å². The van der Waals surface area contributed by atoms with Crippen LogP contribution < -0.4 is 5.32 Å². The summed E-state index contributed by atoms with van der Waals surface area (Å²) in [6, 6.07) is 0.611. The van der Waals surface area contributed by atoms with Crippen LogP contribution in [0.5, 0.6) is 0 Å². The van der Waals surface area contributed by atoms with E-state index in [1.165, 1.54) is 12.8 Å². The molecular formula is C13H24N4O. The Labute approximate surface area is 109 Å². The fraction of sp³-hybridized carbons (Fsp3) is 0.846. The predicted molar refractivity (Wildman–Crippen MR) is 70.4 cm³/mol. The van der Waals surface area contributed by atoms with E-state index in [-0.39, 0.29) is 5.41 Å². The third-order valence-electron chi connectivity index (χ3n) is 3.21. The molecule has 1 atom stereocenters. The summed E-state index contributed by atoms with van der Waals surface area (Å²) < 4.78 is 5.70. The molecule has 2 rings (SSSR count). The fourth-order valence-electron chi connectivity index (χ4n) is 2.20. The van der Waals surface area contributed by atoms with Crippen LogP contribution in [0.25, 0.3) is 0 Å². The second kappa shape index (κ2) is 5.36. The van der Waals surface area contributed by atoms with E-state index in [9.17, 15) is 0 Å². The zero-order valence-corrected chi connectivity index (χ0v) is 11.9. The van der Waals surface area contributed by atoms with Crippen molar-refractivity contribution in [3.05, 3.63) is 11.8 Å². The minimum absolute atomic E-state index is 0.0726. The van der Waals surface area contributed by atoms with Crippen LogP contribution in [0.1, 0.15) is 45.4 Å². The molecule has 0 amide bonds. The van der Waals surface area contributed by atoms with E-state index in [4.69, 9.17) is 4.42 Å². The first-order chi connectivity index (χ1) is 8.45. The van der Waals surface area contributed by atoms with E-state index in [2.05, 4.69) is 48.2 Å². The molecule has 0 spiro atoms. The lowest BCUT2D eigenvalue weighted by molar-refractivity contribution is 0.255. The lowest BCUT2D eigenvalue weighted by Gasteiger charge is -2.19. The van der Waals surface area contributed by atoms with Crippen molar-refractivity contribution in [3.63, 3.8) is 0 Å². The summed E-state index contributed by atoms with van der Waals surface area (Å²) in [6.45, 7) is 9.14. The molecule has 1 aliphatic heterocycles. The zero-order chi connectivity index (χ0) is 13.2. The summed E-state index contributed by atoms with van der Waals surface area (Å²) in [5, 5.41) is 11.7. The van der Waals surface area contributed by atoms with Gasteiger partial charge in [0.25, 0.3) is 0 Å². The molecule has 5 nitrogen and oxygen atoms in total. The molecule has 0 radical (unpaired) electrons. The Hall–Kier alpha value is -0.940. The van der Waals surface area contributed by atoms with Crippen LogP contribution in [-0.4, -0.2) is 41.3 Å². The Morgan fingerprint density at radius 1 is 1.39 bits per heavy atom. The van der Waals surface area contributed by atoms with Gasteiger partial charge in [-0.1, -0.05) is 20.8 Å². The van der Waals surface area contributed by atoms with Crippen LogP contribution in [0.3, 0.4) is 0 Å². The van der Waals surface area contributed by atoms with E-state index in [1.807, 2.05) is 0 Å². The minimum Gasteiger partial charge on any atom is -0.423 e. The van der Waals surface area contributed by atoms with Crippen molar-refractivity contribution in [2.75, 3.05) is 20.1 Å². The maximum absolute atomic E-state index is 5.70. The summed E-state index contributed by atoms with van der Waals surface area (Å²) in [4.78, 5) is 2.24. The van der Waals surface area contributed by atoms with Gasteiger partial charge in [0.2, 0.25) is 11.8 Å². The number of likely N-dealkylation sites (N-methyl/N-ethyl adjacent to an activating group) is 1. The van der Waals surface area contributed by atoms with Gasteiger partial charge in [-0.25, -0.2) is 0 Å². The monoisotopic (exact) mass is 252 g/mol. The molecule has 1 N–H and O–H groups in total. The number of aromatic nitrogens is 2. The molecule has 1 fully saturated rings. The maximum atomic E-state index is 5.70. The molecule has 1 aromatic heterocycles. The van der Waals surface area contributed by atoms with Crippen molar-refractivity contribution in [1.82, 2.24) is 20.4 Å². The zero-order valence-electron chi connectivity index (χ0n) is 11.9. The highest BCUT2D eigenvalue weighted by Gasteiger charge is 2.22. The van der Waals surface area contributed by atoms with Gasteiger partial charge in [0.1, 0.15) is 0 Å². The molecule has 5 heteroatoms. The summed E-state index contributed by atoms with van der Waals surface area (Å²) in [6.07, 6.45) is 2.55. The van der Waals surface area contributed by atoms with Gasteiger partial charge in [-0.05, 0) is 26.4 Å². The Kier molecular flexibility index (Phi) is 4.02. The Morgan fingerprint density at radius 2 is 2.17 bits per heavy atom. The molecule has 0 aromatic carbocycles. The van der Waals surface area contributed by atoms with Crippen LogP contribution in [0.2, 0.25) is 0 Å². The number of nitrogens with zero attached hydrogens (tertiary/aromatic N) is 3. The van der Waals surface area contributed by atoms with E-state index in [0.29, 0.717) is 17.8 Å². The van der Waals surface area contributed by atoms with Crippen molar-refractivity contribution in [2.45, 2.75) is 51.6 Å². The average Bonchev–Trinajstić information content (AvgIpc) is 2.87. The molecule has 1 saturated heterocycles. The maximum Gasteiger partial charge on any atom is 0.230 e. The Balaban J connectivity index is 1.86. The van der Waals surface area contributed by atoms with Crippen LogP contribution in [0.15, 0.2) is 4.42 Å². The van der Waals surface area contributed by atoms with Gasteiger partial charge in [-0.2, -0.15) is 0 Å². The summed E-state index contributed by atoms with van der Waals surface area (Å²) in [7, 11) is 2.10. The van der Waals surface area contributed by atoms with Gasteiger partial charge in [0, 0.05) is 18.0 Å². The summed E-state index contributed by atoms with van der Waals surface area (Å²) in [5.41, 5.74) is -0.0726. The smallest absolute Gasteiger partial charge is 0.230 e. The van der Waals surface area contributed by atoms with Gasteiger partial charge in [0.15, 0.2) is 0 Å². The SMILES string of the molecule is CN(Cc1nnc(C(C)(C)C)o1)CC1CCCN1. The first-order valence-corrected chi connectivity index (χ1v) is 6.70. The normalized spacial score (nSPS) is 20.8. The Bertz CT molecular complexity index is 377. The van der Waals surface area contributed by atoms with Crippen LogP contribution in [-0.2, 0) is 12.0 Å². The van der Waals surface area contributed by atoms with Crippen molar-refractivity contribution in [2.24, 2.45) is 0 Å². The van der Waals surface area contributed by atoms with Gasteiger partial charge in [-0.3, -0.25) is 4.90 Å². The first-order valence-electron chi connectivity index (χ1n) is 6.70. The fourth-order valence-corrected chi connectivity index (χ4v) is 2.20. The standard InChI is InChI=1S/C13H24N4O/c1-13(2,3)12-16-15-11(18-12)9-17(4)8-10-6-5-7-14-10/h10,14H,5-9H2,1-4H3. The molecule has 0 aliphatic carbocycles.